The number of carbonyl (C=O) groups is 1. The number of aromatic nitrogens is 2. The minimum atomic E-state index is -0.432. The van der Waals surface area contributed by atoms with E-state index in [0.717, 1.165) is 44.0 Å². The van der Waals surface area contributed by atoms with Crippen LogP contribution in [0.1, 0.15) is 39.3 Å². The van der Waals surface area contributed by atoms with Gasteiger partial charge >= 0.3 is 6.09 Å². The lowest BCUT2D eigenvalue weighted by molar-refractivity contribution is 0.0186. The van der Waals surface area contributed by atoms with E-state index in [1.165, 1.54) is 0 Å². The number of hydrogen-bond acceptors (Lipinski definition) is 5. The summed E-state index contributed by atoms with van der Waals surface area (Å²) in [4.78, 5) is 16.0. The second kappa shape index (κ2) is 7.15. The fraction of sp³-hybridized carbons (Fsp3) is 0.706. The molecule has 0 aromatic carbocycles. The van der Waals surface area contributed by atoms with Gasteiger partial charge in [-0.3, -0.25) is 0 Å². The Hall–Kier alpha value is -1.85. The van der Waals surface area contributed by atoms with Crippen LogP contribution in [0.5, 0.6) is 0 Å². The second-order valence-corrected chi connectivity index (χ2v) is 7.32. The monoisotopic (exact) mass is 320 g/mol. The van der Waals surface area contributed by atoms with Crippen molar-refractivity contribution in [3.63, 3.8) is 0 Å². The van der Waals surface area contributed by atoms with E-state index in [1.54, 1.807) is 0 Å². The van der Waals surface area contributed by atoms with Gasteiger partial charge in [0.25, 0.3) is 0 Å². The van der Waals surface area contributed by atoms with E-state index in [0.29, 0.717) is 5.92 Å². The minimum Gasteiger partial charge on any atom is -0.444 e. The molecule has 0 unspecified atom stereocenters. The predicted octanol–water partition coefficient (Wildman–Crippen LogP) is 2.87. The highest BCUT2D eigenvalue weighted by atomic mass is 16.6. The molecule has 1 aliphatic rings. The Kier molecular flexibility index (Phi) is 5.44. The summed E-state index contributed by atoms with van der Waals surface area (Å²) >= 11 is 0. The summed E-state index contributed by atoms with van der Waals surface area (Å²) in [6.07, 6.45) is 1.78. The van der Waals surface area contributed by atoms with E-state index >= 15 is 0 Å². The second-order valence-electron chi connectivity index (χ2n) is 7.32. The van der Waals surface area contributed by atoms with Gasteiger partial charge < -0.3 is 14.5 Å². The number of hydrogen-bond donors (Lipinski definition) is 0. The molecule has 0 saturated carbocycles. The summed E-state index contributed by atoms with van der Waals surface area (Å²) in [6, 6.07) is 3.97. The number of likely N-dealkylation sites (tertiary alicyclic amines) is 1. The Balaban J connectivity index is 1.80. The van der Waals surface area contributed by atoms with Crippen LogP contribution in [-0.2, 0) is 4.74 Å². The first-order valence-electron chi connectivity index (χ1n) is 8.24. The Morgan fingerprint density at radius 3 is 2.48 bits per heavy atom. The summed E-state index contributed by atoms with van der Waals surface area (Å²) in [5.41, 5.74) is 0.492. The van der Waals surface area contributed by atoms with Gasteiger partial charge in [0.2, 0.25) is 0 Å². The van der Waals surface area contributed by atoms with Crippen molar-refractivity contribution in [2.24, 2.45) is 5.92 Å². The summed E-state index contributed by atoms with van der Waals surface area (Å²) < 4.78 is 5.43. The number of aryl methyl sites for hydroxylation is 1. The molecule has 1 fully saturated rings. The molecule has 2 rings (SSSR count). The van der Waals surface area contributed by atoms with Crippen molar-refractivity contribution >= 4 is 11.9 Å². The van der Waals surface area contributed by atoms with Gasteiger partial charge in [-0.15, -0.1) is 5.10 Å². The molecule has 6 heteroatoms. The first-order chi connectivity index (χ1) is 10.7. The third-order valence-corrected chi connectivity index (χ3v) is 3.97. The van der Waals surface area contributed by atoms with E-state index in [1.807, 2.05) is 51.8 Å². The molecule has 1 aromatic heterocycles. The number of piperidine rings is 1. The molecule has 0 aliphatic carbocycles. The Bertz CT molecular complexity index is 516. The van der Waals surface area contributed by atoms with E-state index in [9.17, 15) is 4.79 Å². The molecular weight excluding hydrogens is 292 g/mol. The van der Waals surface area contributed by atoms with Gasteiger partial charge in [-0.1, -0.05) is 0 Å². The molecule has 0 radical (unpaired) electrons. The number of ether oxygens (including phenoxy) is 1. The summed E-state index contributed by atoms with van der Waals surface area (Å²) in [5, 5.41) is 8.32. The quantitative estimate of drug-likeness (QED) is 0.857. The van der Waals surface area contributed by atoms with Gasteiger partial charge in [0.05, 0.1) is 5.69 Å². The molecular formula is C17H28N4O2. The number of amides is 1. The normalized spacial score (nSPS) is 16.3. The predicted molar refractivity (Wildman–Crippen MR) is 90.6 cm³/mol. The Labute approximate surface area is 138 Å². The third kappa shape index (κ3) is 5.37. The van der Waals surface area contributed by atoms with Crippen molar-refractivity contribution in [1.82, 2.24) is 15.1 Å². The van der Waals surface area contributed by atoms with Crippen LogP contribution in [0.4, 0.5) is 10.6 Å². The molecule has 0 spiro atoms. The van der Waals surface area contributed by atoms with Crippen molar-refractivity contribution in [2.45, 2.75) is 46.1 Å². The van der Waals surface area contributed by atoms with Gasteiger partial charge in [0.15, 0.2) is 5.82 Å². The molecule has 0 bridgehead atoms. The smallest absolute Gasteiger partial charge is 0.410 e. The maximum absolute atomic E-state index is 12.1. The highest BCUT2D eigenvalue weighted by Gasteiger charge is 2.27. The molecule has 1 aliphatic heterocycles. The lowest BCUT2D eigenvalue weighted by Crippen LogP contribution is -2.43. The van der Waals surface area contributed by atoms with Crippen molar-refractivity contribution < 1.29 is 9.53 Å². The molecule has 23 heavy (non-hydrogen) atoms. The van der Waals surface area contributed by atoms with Crippen molar-refractivity contribution in [3.05, 3.63) is 17.8 Å². The van der Waals surface area contributed by atoms with Gasteiger partial charge in [-0.2, -0.15) is 5.10 Å². The van der Waals surface area contributed by atoms with Crippen LogP contribution in [0.3, 0.4) is 0 Å². The third-order valence-electron chi connectivity index (χ3n) is 3.97. The molecule has 6 nitrogen and oxygen atoms in total. The van der Waals surface area contributed by atoms with Crippen LogP contribution in [0.15, 0.2) is 12.1 Å². The number of anilines is 1. The Morgan fingerprint density at radius 1 is 1.30 bits per heavy atom. The molecule has 128 valence electrons. The number of carbonyl (C=O) groups excluding carboxylic acids is 1. The zero-order valence-electron chi connectivity index (χ0n) is 14.9. The summed E-state index contributed by atoms with van der Waals surface area (Å²) in [7, 11) is 2.04. The molecule has 1 saturated heterocycles. The molecule has 1 amide bonds. The van der Waals surface area contributed by atoms with Gasteiger partial charge in [-0.05, 0) is 58.6 Å². The SMILES string of the molecule is Cc1ccc(N(C)CC2CCN(C(=O)OC(C)(C)C)CC2)nn1. The van der Waals surface area contributed by atoms with Crippen molar-refractivity contribution in [1.29, 1.82) is 0 Å². The van der Waals surface area contributed by atoms with E-state index in [2.05, 4.69) is 15.1 Å². The summed E-state index contributed by atoms with van der Waals surface area (Å²) in [6.45, 7) is 10.1. The number of nitrogens with zero attached hydrogens (tertiary/aromatic N) is 4. The zero-order valence-corrected chi connectivity index (χ0v) is 14.9. The topological polar surface area (TPSA) is 58.6 Å². The standard InChI is InChI=1S/C17H28N4O2/c1-13-6-7-15(19-18-13)20(5)12-14-8-10-21(11-9-14)16(22)23-17(2,3)4/h6-7,14H,8-12H2,1-5H3. The van der Waals surface area contributed by atoms with E-state index in [-0.39, 0.29) is 6.09 Å². The fourth-order valence-corrected chi connectivity index (χ4v) is 2.70. The maximum atomic E-state index is 12.1. The number of rotatable bonds is 3. The largest absolute Gasteiger partial charge is 0.444 e. The first-order valence-corrected chi connectivity index (χ1v) is 8.24. The van der Waals surface area contributed by atoms with Crippen molar-refractivity contribution in [2.75, 3.05) is 31.6 Å². The molecule has 1 aromatic rings. The highest BCUT2D eigenvalue weighted by molar-refractivity contribution is 5.68. The van der Waals surface area contributed by atoms with Crippen LogP contribution in [0.25, 0.3) is 0 Å². The van der Waals surface area contributed by atoms with Crippen molar-refractivity contribution in [3.8, 4) is 0 Å². The van der Waals surface area contributed by atoms with Crippen LogP contribution < -0.4 is 4.90 Å². The zero-order chi connectivity index (χ0) is 17.0. The van der Waals surface area contributed by atoms with Gasteiger partial charge in [-0.25, -0.2) is 4.79 Å². The first kappa shape index (κ1) is 17.5. The van der Waals surface area contributed by atoms with Crippen LogP contribution in [0, 0.1) is 12.8 Å². The average molecular weight is 320 g/mol. The lowest BCUT2D eigenvalue weighted by atomic mass is 9.96. The van der Waals surface area contributed by atoms with E-state index in [4.69, 9.17) is 4.74 Å². The van der Waals surface area contributed by atoms with Gasteiger partial charge in [0, 0.05) is 26.7 Å². The highest BCUT2D eigenvalue weighted by Crippen LogP contribution is 2.21. The van der Waals surface area contributed by atoms with Crippen LogP contribution >= 0.6 is 0 Å². The molecule has 0 atom stereocenters. The van der Waals surface area contributed by atoms with Gasteiger partial charge in [0.1, 0.15) is 5.60 Å². The summed E-state index contributed by atoms with van der Waals surface area (Å²) in [5.74, 6) is 1.45. The maximum Gasteiger partial charge on any atom is 0.410 e. The van der Waals surface area contributed by atoms with Crippen LogP contribution in [0.2, 0.25) is 0 Å². The fourth-order valence-electron chi connectivity index (χ4n) is 2.70. The minimum absolute atomic E-state index is 0.200. The van der Waals surface area contributed by atoms with Crippen LogP contribution in [-0.4, -0.2) is 53.5 Å². The lowest BCUT2D eigenvalue weighted by Gasteiger charge is -2.35. The molecule has 0 N–H and O–H groups in total. The average Bonchev–Trinajstić information content (AvgIpc) is 2.46. The Morgan fingerprint density at radius 2 is 1.96 bits per heavy atom. The van der Waals surface area contributed by atoms with E-state index < -0.39 is 5.60 Å². The molecule has 2 heterocycles.